The Morgan fingerprint density at radius 3 is 2.78 bits per heavy atom. The molecule has 9 heteroatoms. The summed E-state index contributed by atoms with van der Waals surface area (Å²) in [6.07, 6.45) is 5.96. The highest BCUT2D eigenvalue weighted by molar-refractivity contribution is 7.17. The Hall–Kier alpha value is -3.98. The third-order valence-corrected chi connectivity index (χ3v) is 8.80. The molecule has 1 saturated carbocycles. The maximum atomic E-state index is 13.3. The van der Waals surface area contributed by atoms with Crippen molar-refractivity contribution < 1.29 is 9.59 Å². The predicted molar refractivity (Wildman–Crippen MR) is 145 cm³/mol. The van der Waals surface area contributed by atoms with Crippen LogP contribution < -0.4 is 10.9 Å². The molecule has 1 aromatic carbocycles. The molecule has 4 heterocycles. The molecule has 1 aliphatic heterocycles. The lowest BCUT2D eigenvalue weighted by Crippen LogP contribution is -2.42. The van der Waals surface area contributed by atoms with Gasteiger partial charge in [0, 0.05) is 43.3 Å². The Kier molecular flexibility index (Phi) is 5.60. The fraction of sp³-hybridized carbons (Fsp3) is 0.286. The number of carbonyl (C=O) groups is 2. The Morgan fingerprint density at radius 2 is 2.00 bits per heavy atom. The van der Waals surface area contributed by atoms with Gasteiger partial charge >= 0.3 is 0 Å². The topological polar surface area (TPSA) is 89.2 Å². The summed E-state index contributed by atoms with van der Waals surface area (Å²) in [7, 11) is 1.71. The number of benzene rings is 1. The summed E-state index contributed by atoms with van der Waals surface area (Å²) in [5, 5.41) is 3.05. The first-order valence-corrected chi connectivity index (χ1v) is 13.1. The molecule has 1 aliphatic carbocycles. The number of rotatable bonds is 5. The molecular weight excluding hydrogens is 486 g/mol. The molecule has 4 aromatic rings. The third kappa shape index (κ3) is 4.09. The lowest BCUT2D eigenvalue weighted by atomic mass is 9.65. The number of pyridine rings is 1. The molecule has 6 rings (SSSR count). The van der Waals surface area contributed by atoms with E-state index < -0.39 is 0 Å². The van der Waals surface area contributed by atoms with E-state index in [0.29, 0.717) is 10.8 Å². The monoisotopic (exact) mass is 513 g/mol. The van der Waals surface area contributed by atoms with Crippen LogP contribution in [0.25, 0.3) is 21.5 Å². The molecule has 2 amide bonds. The van der Waals surface area contributed by atoms with Crippen LogP contribution >= 0.6 is 11.3 Å². The van der Waals surface area contributed by atoms with Gasteiger partial charge in [0.1, 0.15) is 0 Å². The Balaban J connectivity index is 1.24. The molecule has 3 aromatic heterocycles. The van der Waals surface area contributed by atoms with Crippen LogP contribution in [-0.2, 0) is 11.8 Å². The zero-order valence-electron chi connectivity index (χ0n) is 20.5. The van der Waals surface area contributed by atoms with E-state index in [4.69, 9.17) is 4.98 Å². The SMILES string of the molecule is C=CC(=O)N1CCC2(CC(n3c(NC(=O)c4ccc(-c5ccn(C)c(=O)c5)s4)nc4ccccc43)C2)C1. The van der Waals surface area contributed by atoms with E-state index in [-0.39, 0.29) is 28.8 Å². The molecule has 0 atom stereocenters. The van der Waals surface area contributed by atoms with Crippen molar-refractivity contribution in [2.75, 3.05) is 18.4 Å². The van der Waals surface area contributed by atoms with E-state index in [0.717, 1.165) is 53.8 Å². The van der Waals surface area contributed by atoms with Crippen LogP contribution in [0.15, 0.2) is 72.2 Å². The van der Waals surface area contributed by atoms with Gasteiger partial charge in [-0.15, -0.1) is 11.3 Å². The van der Waals surface area contributed by atoms with Gasteiger partial charge in [-0.2, -0.15) is 0 Å². The first-order valence-electron chi connectivity index (χ1n) is 12.3. The normalized spacial score (nSPS) is 20.8. The number of likely N-dealkylation sites (tertiary alicyclic amines) is 1. The number of aryl methyl sites for hydroxylation is 1. The van der Waals surface area contributed by atoms with Gasteiger partial charge in [-0.05, 0) is 66.6 Å². The number of amides is 2. The van der Waals surface area contributed by atoms with E-state index in [1.807, 2.05) is 41.3 Å². The maximum Gasteiger partial charge on any atom is 0.268 e. The van der Waals surface area contributed by atoms with E-state index in [1.165, 1.54) is 22.0 Å². The third-order valence-electron chi connectivity index (χ3n) is 7.67. The van der Waals surface area contributed by atoms with Gasteiger partial charge in [-0.25, -0.2) is 4.98 Å². The van der Waals surface area contributed by atoms with Crippen molar-refractivity contribution in [2.24, 2.45) is 12.5 Å². The molecule has 0 radical (unpaired) electrons. The second-order valence-electron chi connectivity index (χ2n) is 10.1. The molecule has 1 N–H and O–H groups in total. The number of fused-ring (bicyclic) bond motifs is 1. The number of anilines is 1. The number of hydrogen-bond acceptors (Lipinski definition) is 5. The molecule has 1 saturated heterocycles. The zero-order chi connectivity index (χ0) is 25.7. The van der Waals surface area contributed by atoms with E-state index in [1.54, 1.807) is 25.4 Å². The van der Waals surface area contributed by atoms with E-state index in [2.05, 4.69) is 16.5 Å². The summed E-state index contributed by atoms with van der Waals surface area (Å²) >= 11 is 1.35. The average molecular weight is 514 g/mol. The van der Waals surface area contributed by atoms with Gasteiger partial charge in [-0.3, -0.25) is 19.7 Å². The first kappa shape index (κ1) is 23.4. The molecule has 0 bridgehead atoms. The molecular formula is C28H27N5O3S. The number of nitrogens with zero attached hydrogens (tertiary/aromatic N) is 4. The minimum absolute atomic E-state index is 0.00691. The summed E-state index contributed by atoms with van der Waals surface area (Å²) in [6.45, 7) is 5.14. The predicted octanol–water partition coefficient (Wildman–Crippen LogP) is 4.46. The van der Waals surface area contributed by atoms with Crippen molar-refractivity contribution in [3.05, 3.63) is 82.6 Å². The highest BCUT2D eigenvalue weighted by Crippen LogP contribution is 2.55. The molecule has 1 spiro atoms. The van der Waals surface area contributed by atoms with Crippen molar-refractivity contribution >= 4 is 40.1 Å². The molecule has 2 aliphatic rings. The second kappa shape index (κ2) is 8.85. The van der Waals surface area contributed by atoms with Crippen molar-refractivity contribution in [1.29, 1.82) is 0 Å². The van der Waals surface area contributed by atoms with Crippen LogP contribution in [0.1, 0.15) is 35.0 Å². The fourth-order valence-corrected chi connectivity index (χ4v) is 6.59. The minimum Gasteiger partial charge on any atom is -0.339 e. The number of imidazole rings is 1. The number of carbonyl (C=O) groups excluding carboxylic acids is 2. The average Bonchev–Trinajstić information content (AvgIpc) is 3.61. The number of thiophene rings is 1. The summed E-state index contributed by atoms with van der Waals surface area (Å²) in [5.74, 6) is 0.299. The number of hydrogen-bond donors (Lipinski definition) is 1. The standard InChI is InChI=1S/C28H27N5O3S/c1-3-24(34)32-13-11-28(17-32)15-19(16-28)33-21-7-5-4-6-20(21)29-27(33)30-26(36)23-9-8-22(37-23)18-10-12-31(2)25(35)14-18/h3-10,12,14,19H,1,11,13,15-17H2,2H3,(H,29,30,36). The lowest BCUT2D eigenvalue weighted by Gasteiger charge is -2.46. The molecule has 37 heavy (non-hydrogen) atoms. The van der Waals surface area contributed by atoms with Crippen LogP contribution in [0.2, 0.25) is 0 Å². The summed E-state index contributed by atoms with van der Waals surface area (Å²) in [5.41, 5.74) is 2.64. The Labute approximate surface area is 217 Å². The molecule has 188 valence electrons. The minimum atomic E-state index is -0.228. The summed E-state index contributed by atoms with van der Waals surface area (Å²) in [4.78, 5) is 45.4. The highest BCUT2D eigenvalue weighted by Gasteiger charge is 2.50. The number of para-hydroxylation sites is 2. The van der Waals surface area contributed by atoms with Crippen LogP contribution in [0.3, 0.4) is 0 Å². The molecule has 2 fully saturated rings. The number of aromatic nitrogens is 3. The lowest BCUT2D eigenvalue weighted by molar-refractivity contribution is -0.125. The summed E-state index contributed by atoms with van der Waals surface area (Å²) in [6, 6.07) is 15.2. The number of nitrogens with one attached hydrogen (secondary N) is 1. The van der Waals surface area contributed by atoms with Gasteiger partial charge < -0.3 is 14.0 Å². The van der Waals surface area contributed by atoms with Crippen LogP contribution in [-0.4, -0.2) is 43.9 Å². The van der Waals surface area contributed by atoms with Crippen LogP contribution in [0.4, 0.5) is 5.95 Å². The highest BCUT2D eigenvalue weighted by atomic mass is 32.1. The smallest absolute Gasteiger partial charge is 0.268 e. The van der Waals surface area contributed by atoms with E-state index >= 15 is 0 Å². The van der Waals surface area contributed by atoms with Gasteiger partial charge in [0.15, 0.2) is 0 Å². The largest absolute Gasteiger partial charge is 0.339 e. The van der Waals surface area contributed by atoms with Crippen molar-refractivity contribution in [3.63, 3.8) is 0 Å². The van der Waals surface area contributed by atoms with Crippen LogP contribution in [0, 0.1) is 5.41 Å². The molecule has 8 nitrogen and oxygen atoms in total. The zero-order valence-corrected chi connectivity index (χ0v) is 21.3. The van der Waals surface area contributed by atoms with E-state index in [9.17, 15) is 14.4 Å². The quantitative estimate of drug-likeness (QED) is 0.399. The van der Waals surface area contributed by atoms with Gasteiger partial charge in [0.2, 0.25) is 11.9 Å². The second-order valence-corrected chi connectivity index (χ2v) is 11.1. The Morgan fingerprint density at radius 1 is 1.19 bits per heavy atom. The van der Waals surface area contributed by atoms with Crippen LogP contribution in [0.5, 0.6) is 0 Å². The van der Waals surface area contributed by atoms with Crippen molar-refractivity contribution in [2.45, 2.75) is 25.3 Å². The van der Waals surface area contributed by atoms with Gasteiger partial charge in [0.25, 0.3) is 11.5 Å². The van der Waals surface area contributed by atoms with Crippen molar-refractivity contribution in [1.82, 2.24) is 19.0 Å². The molecule has 0 unspecified atom stereocenters. The fourth-order valence-electron chi connectivity index (χ4n) is 5.69. The summed E-state index contributed by atoms with van der Waals surface area (Å²) < 4.78 is 3.66. The van der Waals surface area contributed by atoms with Gasteiger partial charge in [-0.1, -0.05) is 18.7 Å². The first-order chi connectivity index (χ1) is 17.9. The maximum absolute atomic E-state index is 13.3. The van der Waals surface area contributed by atoms with Crippen molar-refractivity contribution in [3.8, 4) is 10.4 Å². The van der Waals surface area contributed by atoms with Gasteiger partial charge in [0.05, 0.1) is 15.9 Å². The Bertz CT molecular complexity index is 1610.